The van der Waals surface area contributed by atoms with Gasteiger partial charge in [-0.25, -0.2) is 9.67 Å². The van der Waals surface area contributed by atoms with Crippen molar-refractivity contribution < 1.29 is 4.79 Å². The first-order chi connectivity index (χ1) is 14.4. The zero-order valence-corrected chi connectivity index (χ0v) is 18.8. The number of benzene rings is 1. The molecule has 0 unspecified atom stereocenters. The average molecular weight is 426 g/mol. The molecule has 0 N–H and O–H groups in total. The van der Waals surface area contributed by atoms with Crippen molar-refractivity contribution in [1.29, 1.82) is 0 Å². The molecule has 0 spiro atoms. The highest BCUT2D eigenvalue weighted by atomic mass is 32.1. The third kappa shape index (κ3) is 3.84. The highest BCUT2D eigenvalue weighted by Gasteiger charge is 2.23. The van der Waals surface area contributed by atoms with Gasteiger partial charge in [-0.15, -0.1) is 11.3 Å². The lowest BCUT2D eigenvalue weighted by molar-refractivity contribution is -0.132. The minimum absolute atomic E-state index is 0.0436. The number of piperazine rings is 1. The predicted molar refractivity (Wildman–Crippen MR) is 120 cm³/mol. The molecule has 158 valence electrons. The summed E-state index contributed by atoms with van der Waals surface area (Å²) in [7, 11) is 0. The Balaban J connectivity index is 1.47. The van der Waals surface area contributed by atoms with E-state index in [-0.39, 0.29) is 18.0 Å². The molecule has 0 saturated carbocycles. The summed E-state index contributed by atoms with van der Waals surface area (Å²) in [4.78, 5) is 34.3. The average Bonchev–Trinajstić information content (AvgIpc) is 3.19. The van der Waals surface area contributed by atoms with Crippen molar-refractivity contribution in [2.45, 2.75) is 40.7 Å². The Labute approximate surface area is 179 Å². The summed E-state index contributed by atoms with van der Waals surface area (Å²) in [6.07, 6.45) is 0.780. The fourth-order valence-electron chi connectivity index (χ4n) is 3.89. The number of thiazole rings is 1. The standard InChI is InChI=1S/C22H27N5O2S/c1-5-18-23-20-21(30-18)16(4)24-27(22(20)29)13-19(28)26-10-8-25(9-11-26)17-12-14(2)6-7-15(17)3/h6-7,12H,5,8-11,13H2,1-4H3. The largest absolute Gasteiger partial charge is 0.368 e. The van der Waals surface area contributed by atoms with Crippen LogP contribution in [-0.4, -0.2) is 51.8 Å². The lowest BCUT2D eigenvalue weighted by Crippen LogP contribution is -2.50. The Hall–Kier alpha value is -2.74. The van der Waals surface area contributed by atoms with Gasteiger partial charge >= 0.3 is 0 Å². The normalized spacial score (nSPS) is 14.5. The molecular formula is C22H27N5O2S. The van der Waals surface area contributed by atoms with Crippen LogP contribution in [0.25, 0.3) is 10.2 Å². The molecule has 7 nitrogen and oxygen atoms in total. The third-order valence-corrected chi connectivity index (χ3v) is 6.94. The van der Waals surface area contributed by atoms with Gasteiger partial charge in [0, 0.05) is 31.9 Å². The van der Waals surface area contributed by atoms with E-state index in [1.165, 1.54) is 32.8 Å². The first-order valence-corrected chi connectivity index (χ1v) is 11.2. The molecule has 0 atom stereocenters. The van der Waals surface area contributed by atoms with Gasteiger partial charge in [0.1, 0.15) is 6.54 Å². The van der Waals surface area contributed by atoms with Crippen molar-refractivity contribution in [3.63, 3.8) is 0 Å². The molecule has 3 aromatic rings. The fourth-order valence-corrected chi connectivity index (χ4v) is 4.83. The van der Waals surface area contributed by atoms with Gasteiger partial charge in [0.05, 0.1) is 15.4 Å². The van der Waals surface area contributed by atoms with Crippen molar-refractivity contribution >= 4 is 33.1 Å². The van der Waals surface area contributed by atoms with Crippen molar-refractivity contribution in [2.75, 3.05) is 31.1 Å². The molecule has 1 aliphatic heterocycles. The van der Waals surface area contributed by atoms with Crippen LogP contribution in [-0.2, 0) is 17.8 Å². The van der Waals surface area contributed by atoms with E-state index in [1.54, 1.807) is 0 Å². The van der Waals surface area contributed by atoms with Crippen LogP contribution in [0.2, 0.25) is 0 Å². The van der Waals surface area contributed by atoms with Gasteiger partial charge in [-0.1, -0.05) is 19.1 Å². The summed E-state index contributed by atoms with van der Waals surface area (Å²) < 4.78 is 2.10. The number of aryl methyl sites for hydroxylation is 4. The summed E-state index contributed by atoms with van der Waals surface area (Å²) in [6, 6.07) is 6.46. The number of anilines is 1. The minimum atomic E-state index is -0.283. The van der Waals surface area contributed by atoms with Gasteiger partial charge in [0.15, 0.2) is 5.52 Å². The molecule has 8 heteroatoms. The summed E-state index contributed by atoms with van der Waals surface area (Å²) in [6.45, 7) is 10.9. The van der Waals surface area contributed by atoms with E-state index in [1.807, 2.05) is 18.7 Å². The van der Waals surface area contributed by atoms with E-state index < -0.39 is 0 Å². The summed E-state index contributed by atoms with van der Waals surface area (Å²) in [5, 5.41) is 5.30. The van der Waals surface area contributed by atoms with E-state index in [2.05, 4.69) is 47.0 Å². The summed E-state index contributed by atoms with van der Waals surface area (Å²) in [5.41, 5.74) is 4.60. The Morgan fingerprint density at radius 1 is 1.13 bits per heavy atom. The Morgan fingerprint density at radius 2 is 1.87 bits per heavy atom. The summed E-state index contributed by atoms with van der Waals surface area (Å²) >= 11 is 1.51. The van der Waals surface area contributed by atoms with Gasteiger partial charge in [-0.05, 0) is 44.4 Å². The van der Waals surface area contributed by atoms with Crippen LogP contribution in [0.15, 0.2) is 23.0 Å². The van der Waals surface area contributed by atoms with Crippen LogP contribution in [0.5, 0.6) is 0 Å². The van der Waals surface area contributed by atoms with Crippen LogP contribution >= 0.6 is 11.3 Å². The number of amides is 1. The molecule has 0 radical (unpaired) electrons. The second-order valence-electron chi connectivity index (χ2n) is 7.84. The zero-order chi connectivity index (χ0) is 21.4. The molecule has 30 heavy (non-hydrogen) atoms. The number of carbonyl (C=O) groups excluding carboxylic acids is 1. The molecule has 0 bridgehead atoms. The van der Waals surface area contributed by atoms with Gasteiger partial charge in [0.2, 0.25) is 5.91 Å². The topological polar surface area (TPSA) is 71.3 Å². The molecule has 1 fully saturated rings. The quantitative estimate of drug-likeness (QED) is 0.643. The predicted octanol–water partition coefficient (Wildman–Crippen LogP) is 2.69. The maximum absolute atomic E-state index is 12.9. The van der Waals surface area contributed by atoms with E-state index in [9.17, 15) is 9.59 Å². The molecule has 2 aromatic heterocycles. The number of aromatic nitrogens is 3. The molecule has 4 rings (SSSR count). The zero-order valence-electron chi connectivity index (χ0n) is 17.9. The van der Waals surface area contributed by atoms with Crippen LogP contribution in [0, 0.1) is 20.8 Å². The monoisotopic (exact) mass is 425 g/mol. The van der Waals surface area contributed by atoms with Crippen molar-refractivity contribution in [3.05, 3.63) is 50.4 Å². The number of nitrogens with zero attached hydrogens (tertiary/aromatic N) is 5. The van der Waals surface area contributed by atoms with E-state index >= 15 is 0 Å². The number of fused-ring (bicyclic) bond motifs is 1. The van der Waals surface area contributed by atoms with E-state index in [0.717, 1.165) is 34.9 Å². The van der Waals surface area contributed by atoms with Crippen molar-refractivity contribution in [2.24, 2.45) is 0 Å². The number of rotatable bonds is 4. The smallest absolute Gasteiger partial charge is 0.294 e. The molecule has 1 aromatic carbocycles. The minimum Gasteiger partial charge on any atom is -0.368 e. The van der Waals surface area contributed by atoms with Crippen molar-refractivity contribution in [3.8, 4) is 0 Å². The molecule has 0 aliphatic carbocycles. The molecule has 1 amide bonds. The molecule has 1 aliphatic rings. The highest BCUT2D eigenvalue weighted by Crippen LogP contribution is 2.23. The van der Waals surface area contributed by atoms with Crippen LogP contribution < -0.4 is 10.5 Å². The van der Waals surface area contributed by atoms with Crippen LogP contribution in [0.4, 0.5) is 5.69 Å². The molecule has 3 heterocycles. The SMILES string of the molecule is CCc1nc2c(=O)n(CC(=O)N3CCN(c4cc(C)ccc4C)CC3)nc(C)c2s1. The van der Waals surface area contributed by atoms with Crippen LogP contribution in [0.1, 0.15) is 28.8 Å². The van der Waals surface area contributed by atoms with Gasteiger partial charge in [0.25, 0.3) is 5.56 Å². The summed E-state index contributed by atoms with van der Waals surface area (Å²) in [5.74, 6) is -0.0742. The first kappa shape index (κ1) is 20.5. The van der Waals surface area contributed by atoms with Gasteiger partial charge in [-0.2, -0.15) is 5.10 Å². The van der Waals surface area contributed by atoms with Gasteiger partial charge < -0.3 is 9.80 Å². The Kier molecular flexibility index (Phi) is 5.60. The lowest BCUT2D eigenvalue weighted by atomic mass is 10.1. The first-order valence-electron chi connectivity index (χ1n) is 10.3. The number of carbonyl (C=O) groups is 1. The van der Waals surface area contributed by atoms with Gasteiger partial charge in [-0.3, -0.25) is 9.59 Å². The van der Waals surface area contributed by atoms with E-state index in [0.29, 0.717) is 18.6 Å². The van der Waals surface area contributed by atoms with E-state index in [4.69, 9.17) is 0 Å². The number of hydrogen-bond donors (Lipinski definition) is 0. The number of hydrogen-bond acceptors (Lipinski definition) is 6. The maximum atomic E-state index is 12.9. The van der Waals surface area contributed by atoms with Crippen molar-refractivity contribution in [1.82, 2.24) is 19.7 Å². The molecular weight excluding hydrogens is 398 g/mol. The Morgan fingerprint density at radius 3 is 2.57 bits per heavy atom. The maximum Gasteiger partial charge on any atom is 0.294 e. The fraction of sp³-hybridized carbons (Fsp3) is 0.455. The third-order valence-electron chi connectivity index (χ3n) is 5.63. The second kappa shape index (κ2) is 8.18. The lowest BCUT2D eigenvalue weighted by Gasteiger charge is -2.37. The van der Waals surface area contributed by atoms with Crippen LogP contribution in [0.3, 0.4) is 0 Å². The second-order valence-corrected chi connectivity index (χ2v) is 8.93. The Bertz CT molecular complexity index is 1160. The highest BCUT2D eigenvalue weighted by molar-refractivity contribution is 7.18. The molecule has 1 saturated heterocycles.